The Kier molecular flexibility index (Phi) is 2.48. The third-order valence-corrected chi connectivity index (χ3v) is 2.69. The fraction of sp³-hybridized carbons (Fsp3) is 0.200. The molecule has 0 aliphatic rings. The van der Waals surface area contributed by atoms with Gasteiger partial charge in [0.1, 0.15) is 11.3 Å². The predicted octanol–water partition coefficient (Wildman–Crippen LogP) is 1.76. The van der Waals surface area contributed by atoms with Crippen LogP contribution in [-0.4, -0.2) is 15.3 Å². The Labute approximate surface area is 95.2 Å². The van der Waals surface area contributed by atoms with Gasteiger partial charge in [-0.25, -0.2) is 4.98 Å². The Morgan fingerprint density at radius 3 is 2.93 bits per heavy atom. The fourth-order valence-electron chi connectivity index (χ4n) is 1.57. The maximum absolute atomic E-state index is 11.3. The van der Waals surface area contributed by atoms with Gasteiger partial charge in [-0.3, -0.25) is 9.20 Å². The number of rotatable bonds is 2. The van der Waals surface area contributed by atoms with Gasteiger partial charge in [-0.05, 0) is 34.5 Å². The number of aromatic nitrogens is 2. The lowest BCUT2D eigenvalue weighted by Gasteiger charge is -1.99. The number of hydrogen-bond acceptors (Lipinski definition) is 2. The number of carbonyl (C=O) groups is 1. The van der Waals surface area contributed by atoms with Crippen molar-refractivity contribution in [1.82, 2.24) is 9.38 Å². The number of primary amides is 1. The first-order valence-corrected chi connectivity index (χ1v) is 5.39. The summed E-state index contributed by atoms with van der Waals surface area (Å²) in [5, 5.41) is 0. The minimum Gasteiger partial charge on any atom is -0.364 e. The van der Waals surface area contributed by atoms with Crippen molar-refractivity contribution in [1.29, 1.82) is 0 Å². The van der Waals surface area contributed by atoms with Gasteiger partial charge in [0.15, 0.2) is 0 Å². The molecule has 15 heavy (non-hydrogen) atoms. The number of aryl methyl sites for hydroxylation is 1. The van der Waals surface area contributed by atoms with Crippen LogP contribution in [0.5, 0.6) is 0 Å². The lowest BCUT2D eigenvalue weighted by atomic mass is 10.2. The van der Waals surface area contributed by atoms with Crippen LogP contribution in [0.3, 0.4) is 0 Å². The molecule has 2 N–H and O–H groups in total. The number of pyridine rings is 1. The summed E-state index contributed by atoms with van der Waals surface area (Å²) in [6.07, 6.45) is 2.49. The summed E-state index contributed by atoms with van der Waals surface area (Å²) in [6.45, 7) is 1.95. The summed E-state index contributed by atoms with van der Waals surface area (Å²) < 4.78 is 2.60. The molecule has 0 fully saturated rings. The zero-order valence-electron chi connectivity index (χ0n) is 8.20. The van der Waals surface area contributed by atoms with E-state index in [2.05, 4.69) is 20.9 Å². The van der Waals surface area contributed by atoms with E-state index in [1.54, 1.807) is 10.6 Å². The highest BCUT2D eigenvalue weighted by atomic mass is 79.9. The van der Waals surface area contributed by atoms with Crippen LogP contribution < -0.4 is 5.73 Å². The van der Waals surface area contributed by atoms with Crippen LogP contribution in [0.25, 0.3) is 5.65 Å². The van der Waals surface area contributed by atoms with Crippen LogP contribution in [-0.2, 0) is 6.42 Å². The smallest absolute Gasteiger partial charge is 0.267 e. The molecule has 0 aromatic carbocycles. The molecule has 0 saturated heterocycles. The maximum atomic E-state index is 11.3. The lowest BCUT2D eigenvalue weighted by molar-refractivity contribution is 0.0994. The molecule has 0 atom stereocenters. The second kappa shape index (κ2) is 3.66. The van der Waals surface area contributed by atoms with Gasteiger partial charge in [0.25, 0.3) is 5.91 Å². The molecule has 0 spiro atoms. The highest BCUT2D eigenvalue weighted by molar-refractivity contribution is 9.10. The van der Waals surface area contributed by atoms with Crippen molar-refractivity contribution in [2.24, 2.45) is 5.73 Å². The van der Waals surface area contributed by atoms with E-state index >= 15 is 0 Å². The summed E-state index contributed by atoms with van der Waals surface area (Å²) in [4.78, 5) is 15.6. The number of hydrogen-bond donors (Lipinski definition) is 1. The highest BCUT2D eigenvalue weighted by Crippen LogP contribution is 2.17. The molecule has 2 aromatic heterocycles. The van der Waals surface area contributed by atoms with Crippen molar-refractivity contribution in [3.8, 4) is 0 Å². The molecule has 0 saturated carbocycles. The van der Waals surface area contributed by atoms with Gasteiger partial charge in [0.2, 0.25) is 0 Å². The molecule has 5 heteroatoms. The first kappa shape index (κ1) is 10.2. The van der Waals surface area contributed by atoms with E-state index in [1.165, 1.54) is 0 Å². The van der Waals surface area contributed by atoms with Crippen LogP contribution in [0.1, 0.15) is 23.1 Å². The molecule has 0 bridgehead atoms. The van der Waals surface area contributed by atoms with E-state index in [-0.39, 0.29) is 0 Å². The molecule has 2 aromatic rings. The van der Waals surface area contributed by atoms with Crippen LogP contribution in [0.2, 0.25) is 0 Å². The Morgan fingerprint density at radius 2 is 2.33 bits per heavy atom. The summed E-state index contributed by atoms with van der Waals surface area (Å²) >= 11 is 3.35. The van der Waals surface area contributed by atoms with Crippen molar-refractivity contribution < 1.29 is 4.79 Å². The Bertz CT molecular complexity index is 533. The first-order valence-electron chi connectivity index (χ1n) is 4.59. The molecule has 4 nitrogen and oxygen atoms in total. The fourth-order valence-corrected chi connectivity index (χ4v) is 1.91. The minimum absolute atomic E-state index is 0.447. The van der Waals surface area contributed by atoms with Crippen LogP contribution in [0.15, 0.2) is 22.8 Å². The van der Waals surface area contributed by atoms with E-state index < -0.39 is 5.91 Å². The Morgan fingerprint density at radius 1 is 1.60 bits per heavy atom. The van der Waals surface area contributed by atoms with Gasteiger partial charge in [-0.15, -0.1) is 0 Å². The molecule has 0 aliphatic carbocycles. The van der Waals surface area contributed by atoms with Crippen LogP contribution in [0.4, 0.5) is 0 Å². The van der Waals surface area contributed by atoms with E-state index in [9.17, 15) is 4.79 Å². The number of halogens is 1. The van der Waals surface area contributed by atoms with Crippen molar-refractivity contribution >= 4 is 27.5 Å². The molecule has 0 unspecified atom stereocenters. The lowest BCUT2D eigenvalue weighted by Crippen LogP contribution is -2.15. The molecular weight excluding hydrogens is 258 g/mol. The van der Waals surface area contributed by atoms with Crippen molar-refractivity contribution in [2.45, 2.75) is 13.3 Å². The molecule has 2 rings (SSSR count). The largest absolute Gasteiger partial charge is 0.364 e. The van der Waals surface area contributed by atoms with Gasteiger partial charge >= 0.3 is 0 Å². The minimum atomic E-state index is -0.447. The number of nitrogens with zero attached hydrogens (tertiary/aromatic N) is 2. The molecule has 2 heterocycles. The Hall–Kier alpha value is -1.36. The number of carbonyl (C=O) groups excluding carboxylic acids is 1. The van der Waals surface area contributed by atoms with E-state index in [0.717, 1.165) is 15.8 Å². The van der Waals surface area contributed by atoms with Crippen molar-refractivity contribution in [3.63, 3.8) is 0 Å². The normalized spacial score (nSPS) is 10.8. The standard InChI is InChI=1S/C10H10BrN3O/c1-2-7-9(10(12)15)14-5-6(11)3-4-8(14)13-7/h3-5H,2H2,1H3,(H2,12,15). The zero-order valence-corrected chi connectivity index (χ0v) is 9.78. The van der Waals surface area contributed by atoms with Gasteiger partial charge in [-0.1, -0.05) is 6.92 Å². The molecular formula is C10H10BrN3O. The first-order chi connectivity index (χ1) is 7.13. The average Bonchev–Trinajstić information content (AvgIpc) is 2.55. The second-order valence-corrected chi connectivity index (χ2v) is 4.12. The summed E-state index contributed by atoms with van der Waals surface area (Å²) in [7, 11) is 0. The monoisotopic (exact) mass is 267 g/mol. The number of amides is 1. The topological polar surface area (TPSA) is 60.4 Å². The van der Waals surface area contributed by atoms with Gasteiger partial charge in [0, 0.05) is 10.7 Å². The number of imidazole rings is 1. The number of nitrogens with two attached hydrogens (primary N) is 1. The van der Waals surface area contributed by atoms with Crippen molar-refractivity contribution in [2.75, 3.05) is 0 Å². The predicted molar refractivity (Wildman–Crippen MR) is 60.8 cm³/mol. The van der Waals surface area contributed by atoms with E-state index in [1.807, 2.05) is 19.1 Å². The average molecular weight is 268 g/mol. The maximum Gasteiger partial charge on any atom is 0.267 e. The molecule has 0 aliphatic heterocycles. The number of fused-ring (bicyclic) bond motifs is 1. The SMILES string of the molecule is CCc1nc2ccc(Br)cn2c1C(N)=O. The third-order valence-electron chi connectivity index (χ3n) is 2.22. The third kappa shape index (κ3) is 1.63. The van der Waals surface area contributed by atoms with Gasteiger partial charge in [-0.2, -0.15) is 0 Å². The molecule has 1 amide bonds. The van der Waals surface area contributed by atoms with Crippen LogP contribution >= 0.6 is 15.9 Å². The second-order valence-electron chi connectivity index (χ2n) is 3.20. The molecule has 78 valence electrons. The zero-order chi connectivity index (χ0) is 11.0. The summed E-state index contributed by atoms with van der Waals surface area (Å²) in [6, 6.07) is 3.72. The Balaban J connectivity index is 2.82. The van der Waals surface area contributed by atoms with Crippen LogP contribution in [0, 0.1) is 0 Å². The highest BCUT2D eigenvalue weighted by Gasteiger charge is 2.15. The summed E-state index contributed by atoms with van der Waals surface area (Å²) in [5.74, 6) is -0.447. The quantitative estimate of drug-likeness (QED) is 0.902. The molecule has 0 radical (unpaired) electrons. The summed E-state index contributed by atoms with van der Waals surface area (Å²) in [5.41, 5.74) is 7.28. The van der Waals surface area contributed by atoms with Gasteiger partial charge < -0.3 is 5.73 Å². The van der Waals surface area contributed by atoms with Crippen molar-refractivity contribution in [3.05, 3.63) is 34.2 Å². The van der Waals surface area contributed by atoms with E-state index in [4.69, 9.17) is 5.73 Å². The van der Waals surface area contributed by atoms with Gasteiger partial charge in [0.05, 0.1) is 5.69 Å². The van der Waals surface area contributed by atoms with E-state index in [0.29, 0.717) is 12.1 Å².